The van der Waals surface area contributed by atoms with Gasteiger partial charge >= 0.3 is 6.16 Å². The van der Waals surface area contributed by atoms with E-state index >= 15 is 0 Å². The Kier molecular flexibility index (Phi) is 8.25. The Morgan fingerprint density at radius 2 is 1.44 bits per heavy atom. The van der Waals surface area contributed by atoms with Crippen molar-refractivity contribution in [2.24, 2.45) is 5.92 Å². The third kappa shape index (κ3) is 4.71. The van der Waals surface area contributed by atoms with Gasteiger partial charge in [-0.25, -0.2) is 21.6 Å². The average Bonchev–Trinajstić information content (AvgIpc) is 2.81. The van der Waals surface area contributed by atoms with E-state index in [0.29, 0.717) is 0 Å². The number of rotatable bonds is 8. The SMILES string of the molecule is C=C[C@@H](C)C(CC#CCOC(=O)OC)(S(=O)(=O)c1ccccc1)S(=O)(=O)c1ccccc1. The Balaban J connectivity index is 2.74. The van der Waals surface area contributed by atoms with E-state index in [1.807, 2.05) is 0 Å². The molecular formula is C23H24O7S2. The van der Waals surface area contributed by atoms with Gasteiger partial charge in [-0.05, 0) is 24.3 Å². The molecule has 0 heterocycles. The van der Waals surface area contributed by atoms with Crippen molar-refractivity contribution in [3.63, 3.8) is 0 Å². The standard InChI is InChI=1S/C23H24O7S2/c1-4-19(2)23(17-11-12-18-30-22(24)29-3,31(25,26)20-13-7-5-8-14-20)32(27,28)21-15-9-6-10-16-21/h4-10,13-16,19H,1,17-18H2,2-3H3/t19-/m1/s1. The lowest BCUT2D eigenvalue weighted by Gasteiger charge is -2.35. The van der Waals surface area contributed by atoms with Gasteiger partial charge in [-0.2, -0.15) is 0 Å². The molecule has 0 radical (unpaired) electrons. The molecule has 0 saturated carbocycles. The molecule has 2 aromatic carbocycles. The fourth-order valence-corrected chi connectivity index (χ4v) is 8.41. The molecule has 0 saturated heterocycles. The van der Waals surface area contributed by atoms with Crippen LogP contribution in [-0.2, 0) is 29.1 Å². The Bertz CT molecular complexity index is 1140. The first kappa shape index (κ1) is 25.2. The van der Waals surface area contributed by atoms with Crippen molar-refractivity contribution in [3.05, 3.63) is 73.3 Å². The lowest BCUT2D eigenvalue weighted by molar-refractivity contribution is 0.0832. The summed E-state index contributed by atoms with van der Waals surface area (Å²) in [5.74, 6) is 4.05. The first-order valence-electron chi connectivity index (χ1n) is 9.53. The summed E-state index contributed by atoms with van der Waals surface area (Å²) < 4.78 is 62.2. The molecule has 0 N–H and O–H groups in total. The van der Waals surface area contributed by atoms with Crippen molar-refractivity contribution in [1.82, 2.24) is 0 Å². The summed E-state index contributed by atoms with van der Waals surface area (Å²) in [4.78, 5) is 10.8. The number of hydrogen-bond acceptors (Lipinski definition) is 7. The van der Waals surface area contributed by atoms with Crippen LogP contribution in [0.1, 0.15) is 13.3 Å². The maximum Gasteiger partial charge on any atom is 0.508 e. The van der Waals surface area contributed by atoms with Crippen molar-refractivity contribution in [3.8, 4) is 11.8 Å². The Morgan fingerprint density at radius 1 is 0.969 bits per heavy atom. The van der Waals surface area contributed by atoms with E-state index in [1.54, 1.807) is 12.1 Å². The minimum atomic E-state index is -4.48. The highest BCUT2D eigenvalue weighted by atomic mass is 32.3. The van der Waals surface area contributed by atoms with Crippen LogP contribution in [0.15, 0.2) is 83.1 Å². The van der Waals surface area contributed by atoms with E-state index in [0.717, 1.165) is 7.11 Å². The van der Waals surface area contributed by atoms with Gasteiger partial charge in [-0.3, -0.25) is 0 Å². The van der Waals surface area contributed by atoms with Crippen LogP contribution in [0.3, 0.4) is 0 Å². The molecule has 0 aromatic heterocycles. The van der Waals surface area contributed by atoms with Gasteiger partial charge in [0.2, 0.25) is 0 Å². The normalized spacial score (nSPS) is 12.7. The van der Waals surface area contributed by atoms with Crippen LogP contribution in [0.4, 0.5) is 4.79 Å². The second-order valence-electron chi connectivity index (χ2n) is 6.74. The maximum absolute atomic E-state index is 13.9. The molecule has 0 amide bonds. The second-order valence-corrected chi connectivity index (χ2v) is 11.4. The fourth-order valence-electron chi connectivity index (χ4n) is 3.15. The number of carbonyl (C=O) groups excluding carboxylic acids is 1. The summed E-state index contributed by atoms with van der Waals surface area (Å²) in [6, 6.07) is 14.7. The molecule has 0 bridgehead atoms. The molecular weight excluding hydrogens is 452 g/mol. The largest absolute Gasteiger partial charge is 0.508 e. The summed E-state index contributed by atoms with van der Waals surface area (Å²) in [5.41, 5.74) is 0. The average molecular weight is 477 g/mol. The van der Waals surface area contributed by atoms with Crippen LogP contribution < -0.4 is 0 Å². The molecule has 0 spiro atoms. The van der Waals surface area contributed by atoms with Crippen LogP contribution in [0.25, 0.3) is 0 Å². The van der Waals surface area contributed by atoms with Crippen LogP contribution in [0, 0.1) is 17.8 Å². The number of sulfone groups is 2. The van der Waals surface area contributed by atoms with Crippen LogP contribution >= 0.6 is 0 Å². The molecule has 32 heavy (non-hydrogen) atoms. The molecule has 9 heteroatoms. The first-order chi connectivity index (χ1) is 15.1. The molecule has 0 aliphatic rings. The summed E-state index contributed by atoms with van der Waals surface area (Å²) in [6.45, 7) is 4.74. The van der Waals surface area contributed by atoms with E-state index in [-0.39, 0.29) is 16.4 Å². The second kappa shape index (κ2) is 10.5. The highest BCUT2D eigenvalue weighted by Gasteiger charge is 2.58. The zero-order chi connectivity index (χ0) is 23.8. The van der Waals surface area contributed by atoms with Gasteiger partial charge in [0.15, 0.2) is 30.4 Å². The highest BCUT2D eigenvalue weighted by molar-refractivity contribution is 8.10. The van der Waals surface area contributed by atoms with Crippen molar-refractivity contribution in [2.75, 3.05) is 13.7 Å². The summed E-state index contributed by atoms with van der Waals surface area (Å²) in [6.07, 6.45) is -0.244. The number of benzene rings is 2. The molecule has 2 aromatic rings. The van der Waals surface area contributed by atoms with Gasteiger partial charge in [0.25, 0.3) is 0 Å². The lowest BCUT2D eigenvalue weighted by Crippen LogP contribution is -2.50. The predicted molar refractivity (Wildman–Crippen MR) is 120 cm³/mol. The molecule has 170 valence electrons. The molecule has 7 nitrogen and oxygen atoms in total. The summed E-state index contributed by atoms with van der Waals surface area (Å²) in [7, 11) is -7.83. The van der Waals surface area contributed by atoms with Gasteiger partial charge in [0.05, 0.1) is 16.9 Å². The summed E-state index contributed by atoms with van der Waals surface area (Å²) in [5, 5.41) is 0. The Morgan fingerprint density at radius 3 is 1.84 bits per heavy atom. The van der Waals surface area contributed by atoms with Crippen molar-refractivity contribution in [2.45, 2.75) is 27.2 Å². The lowest BCUT2D eigenvalue weighted by atomic mass is 10.0. The first-order valence-corrected chi connectivity index (χ1v) is 12.5. The van der Waals surface area contributed by atoms with Crippen LogP contribution in [0.2, 0.25) is 0 Å². The van der Waals surface area contributed by atoms with E-state index < -0.39 is 42.2 Å². The predicted octanol–water partition coefficient (Wildman–Crippen LogP) is 3.63. The quantitative estimate of drug-likeness (QED) is 0.326. The van der Waals surface area contributed by atoms with E-state index in [1.165, 1.54) is 61.5 Å². The topological polar surface area (TPSA) is 104 Å². The Labute approximate surface area is 188 Å². The minimum absolute atomic E-state index is 0.152. The highest BCUT2D eigenvalue weighted by Crippen LogP contribution is 2.44. The van der Waals surface area contributed by atoms with Gasteiger partial charge in [0, 0.05) is 12.3 Å². The number of hydrogen-bond donors (Lipinski definition) is 0. The summed E-state index contributed by atoms with van der Waals surface area (Å²) >= 11 is 0. The zero-order valence-corrected chi connectivity index (χ0v) is 19.4. The molecule has 0 unspecified atom stereocenters. The van der Waals surface area contributed by atoms with E-state index in [9.17, 15) is 21.6 Å². The molecule has 0 aliphatic heterocycles. The number of methoxy groups -OCH3 is 1. The third-order valence-corrected chi connectivity index (χ3v) is 10.9. The monoisotopic (exact) mass is 476 g/mol. The maximum atomic E-state index is 13.9. The van der Waals surface area contributed by atoms with Crippen LogP contribution in [-0.4, -0.2) is 40.8 Å². The number of carbonyl (C=O) groups is 1. The fraction of sp³-hybridized carbons (Fsp3) is 0.261. The zero-order valence-electron chi connectivity index (χ0n) is 17.7. The van der Waals surface area contributed by atoms with Crippen molar-refractivity contribution in [1.29, 1.82) is 0 Å². The van der Waals surface area contributed by atoms with Crippen molar-refractivity contribution >= 4 is 25.8 Å². The minimum Gasteiger partial charge on any atom is -0.438 e. The van der Waals surface area contributed by atoms with Crippen LogP contribution in [0.5, 0.6) is 0 Å². The molecule has 2 rings (SSSR count). The number of allylic oxidation sites excluding steroid dienone is 1. The number of ether oxygens (including phenoxy) is 2. The molecule has 1 atom stereocenters. The van der Waals surface area contributed by atoms with Gasteiger partial charge in [-0.1, -0.05) is 61.2 Å². The smallest absolute Gasteiger partial charge is 0.438 e. The molecule has 0 aliphatic carbocycles. The van der Waals surface area contributed by atoms with Crippen molar-refractivity contribution < 1.29 is 31.1 Å². The molecule has 0 fully saturated rings. The van der Waals surface area contributed by atoms with Gasteiger partial charge in [0.1, 0.15) is 0 Å². The van der Waals surface area contributed by atoms with E-state index in [4.69, 9.17) is 0 Å². The Hall–Kier alpha value is -3.09. The third-order valence-electron chi connectivity index (χ3n) is 4.95. The van der Waals surface area contributed by atoms with Gasteiger partial charge < -0.3 is 9.47 Å². The van der Waals surface area contributed by atoms with E-state index in [2.05, 4.69) is 27.9 Å². The van der Waals surface area contributed by atoms with Gasteiger partial charge in [-0.15, -0.1) is 6.58 Å².